The molecule has 10 nitrogen and oxygen atoms in total. The molecule has 4 heterocycles. The lowest BCUT2D eigenvalue weighted by Crippen LogP contribution is -2.42. The Balaban J connectivity index is 0.913. The Kier molecular flexibility index (Phi) is 7.50. The van der Waals surface area contributed by atoms with Gasteiger partial charge in [-0.05, 0) is 118 Å². The van der Waals surface area contributed by atoms with Crippen molar-refractivity contribution in [2.24, 2.45) is 23.7 Å². The highest BCUT2D eigenvalue weighted by Gasteiger charge is 2.71. The number of amides is 2. The Morgan fingerprint density at radius 1 is 0.630 bits per heavy atom. The second-order valence-electron chi connectivity index (χ2n) is 18.3. The van der Waals surface area contributed by atoms with Gasteiger partial charge in [-0.1, -0.05) is 62.4 Å². The number of piperidine rings is 2. The fourth-order valence-electron chi connectivity index (χ4n) is 9.39. The van der Waals surface area contributed by atoms with Crippen LogP contribution in [-0.2, 0) is 20.6 Å². The average molecular weight is 727 g/mol. The number of rotatable bonds is 5. The summed E-state index contributed by atoms with van der Waals surface area (Å²) in [6.45, 7) is 17.2. The molecule has 5 aromatic rings. The Labute approximate surface area is 316 Å². The van der Waals surface area contributed by atoms with Gasteiger partial charge in [0.2, 0.25) is 0 Å². The first-order valence-electron chi connectivity index (χ1n) is 19.3. The summed E-state index contributed by atoms with van der Waals surface area (Å²) in [6.07, 6.45) is 5.05. The number of hydrogen-bond donors (Lipinski definition) is 2. The number of nitrogens with one attached hydrogen (secondary N) is 2. The Morgan fingerprint density at radius 3 is 1.50 bits per heavy atom. The van der Waals surface area contributed by atoms with Crippen molar-refractivity contribution in [2.45, 2.75) is 90.5 Å². The molecular formula is C44H50N6O4. The molecule has 4 unspecified atom stereocenters. The van der Waals surface area contributed by atoms with Crippen molar-refractivity contribution in [3.8, 4) is 33.6 Å². The van der Waals surface area contributed by atoms with Crippen LogP contribution < -0.4 is 0 Å². The van der Waals surface area contributed by atoms with Gasteiger partial charge in [-0.15, -0.1) is 0 Å². The Hall–Kier alpha value is -5.12. The number of benzene rings is 3. The molecule has 4 fully saturated rings. The van der Waals surface area contributed by atoms with Crippen molar-refractivity contribution in [1.82, 2.24) is 29.7 Å². The van der Waals surface area contributed by atoms with Gasteiger partial charge in [0.25, 0.3) is 0 Å². The predicted octanol–water partition coefficient (Wildman–Crippen LogP) is 9.49. The molecule has 2 aromatic heterocycles. The van der Waals surface area contributed by atoms with Gasteiger partial charge in [0.15, 0.2) is 0 Å². The molecule has 2 aliphatic carbocycles. The number of fused-ring (bicyclic) bond motifs is 3. The largest absolute Gasteiger partial charge is 0.444 e. The molecule has 4 aliphatic rings. The second kappa shape index (κ2) is 11.7. The first-order chi connectivity index (χ1) is 25.6. The molecule has 2 saturated heterocycles. The topological polar surface area (TPSA) is 116 Å². The van der Waals surface area contributed by atoms with Gasteiger partial charge < -0.3 is 19.4 Å². The third-order valence-corrected chi connectivity index (χ3v) is 12.1. The molecule has 6 atom stereocenters. The number of H-pyrrole nitrogens is 2. The summed E-state index contributed by atoms with van der Waals surface area (Å²) in [4.78, 5) is 47.0. The van der Waals surface area contributed by atoms with E-state index in [9.17, 15) is 9.59 Å². The molecule has 2 amide bonds. The third kappa shape index (κ3) is 5.59. The molecule has 54 heavy (non-hydrogen) atoms. The highest BCUT2D eigenvalue weighted by molar-refractivity contribution is 5.90. The summed E-state index contributed by atoms with van der Waals surface area (Å²) in [5.74, 6) is 3.24. The van der Waals surface area contributed by atoms with Crippen LogP contribution in [0.3, 0.4) is 0 Å². The van der Waals surface area contributed by atoms with Crippen LogP contribution in [0.2, 0.25) is 0 Å². The van der Waals surface area contributed by atoms with Crippen molar-refractivity contribution in [1.29, 1.82) is 0 Å². The van der Waals surface area contributed by atoms with E-state index in [0.29, 0.717) is 36.8 Å². The maximum absolute atomic E-state index is 13.2. The van der Waals surface area contributed by atoms with E-state index in [1.165, 1.54) is 0 Å². The van der Waals surface area contributed by atoms with Gasteiger partial charge in [-0.25, -0.2) is 19.6 Å². The first kappa shape index (κ1) is 34.6. The highest BCUT2D eigenvalue weighted by Crippen LogP contribution is 2.65. The predicted molar refractivity (Wildman–Crippen MR) is 208 cm³/mol. The summed E-state index contributed by atoms with van der Waals surface area (Å²) in [5.41, 5.74) is 4.31. The van der Waals surface area contributed by atoms with Crippen molar-refractivity contribution in [3.63, 3.8) is 0 Å². The fraction of sp³-hybridized carbons (Fsp3) is 0.455. The van der Waals surface area contributed by atoms with Gasteiger partial charge in [0.05, 0.1) is 23.8 Å². The van der Waals surface area contributed by atoms with Crippen LogP contribution in [-0.4, -0.2) is 66.2 Å². The number of nitrogens with zero attached hydrogens (tertiary/aromatic N) is 4. The quantitative estimate of drug-likeness (QED) is 0.186. The number of carbonyl (C=O) groups excluding carboxylic acids is 2. The van der Waals surface area contributed by atoms with Crippen LogP contribution >= 0.6 is 0 Å². The molecule has 0 radical (unpaired) electrons. The van der Waals surface area contributed by atoms with Crippen molar-refractivity contribution >= 4 is 23.0 Å². The Morgan fingerprint density at radius 2 is 1.04 bits per heavy atom. The normalized spacial score (nSPS) is 27.2. The Bertz CT molecular complexity index is 2300. The zero-order chi connectivity index (χ0) is 37.9. The molecule has 280 valence electrons. The van der Waals surface area contributed by atoms with E-state index in [1.54, 1.807) is 0 Å². The minimum atomic E-state index is -0.550. The zero-order valence-electron chi connectivity index (χ0n) is 32.5. The number of imidazole rings is 2. The molecular weight excluding hydrogens is 677 g/mol. The van der Waals surface area contributed by atoms with Crippen LogP contribution in [0.4, 0.5) is 9.59 Å². The number of likely N-dealkylation sites (tertiary alicyclic amines) is 2. The lowest BCUT2D eigenvalue weighted by atomic mass is 9.98. The first-order valence-corrected chi connectivity index (χ1v) is 19.3. The molecule has 2 aliphatic heterocycles. The molecule has 0 spiro atoms. The van der Waals surface area contributed by atoms with E-state index < -0.39 is 22.3 Å². The van der Waals surface area contributed by atoms with Crippen LogP contribution in [0, 0.1) is 23.7 Å². The number of hydrogen-bond acceptors (Lipinski definition) is 6. The van der Waals surface area contributed by atoms with Crippen LogP contribution in [0.1, 0.15) is 79.9 Å². The summed E-state index contributed by atoms with van der Waals surface area (Å²) in [7, 11) is 0. The molecule has 9 rings (SSSR count). The van der Waals surface area contributed by atoms with Crippen LogP contribution in [0.15, 0.2) is 73.1 Å². The number of ether oxygens (including phenoxy) is 2. The van der Waals surface area contributed by atoms with Crippen LogP contribution in [0.5, 0.6) is 0 Å². The maximum atomic E-state index is 13.2. The van der Waals surface area contributed by atoms with E-state index in [2.05, 4.69) is 84.5 Å². The highest BCUT2D eigenvalue weighted by atomic mass is 16.6. The number of aromatic nitrogens is 4. The lowest BCUT2D eigenvalue weighted by molar-refractivity contribution is 0.0143. The maximum Gasteiger partial charge on any atom is 0.411 e. The summed E-state index contributed by atoms with van der Waals surface area (Å²) >= 11 is 0. The average Bonchev–Trinajstić information content (AvgIpc) is 3.73. The van der Waals surface area contributed by atoms with Gasteiger partial charge >= 0.3 is 12.2 Å². The van der Waals surface area contributed by atoms with E-state index in [-0.39, 0.29) is 12.2 Å². The smallest absolute Gasteiger partial charge is 0.411 e. The standard InChI is InChI=1S/C44H50N6O4/c1-25-23-49(39(51)53-41(3,4)5)43(19-33(25)43)37-45-21-35(47-37)28-11-9-27(10-12-28)29-13-14-31-18-32(16-15-30(31)17-29)36-22-46-38(48-36)44-20-34(44)26(2)24-50(44)40(52)54-42(6,7)8/h9-18,21-22,25-26,33-34H,19-20,23-24H2,1-8H3,(H,45,47)(H,46,48)/t25-,26-,33?,34?,43?,44?/m0/s1. The molecule has 3 aromatic carbocycles. The molecule has 10 heteroatoms. The molecule has 2 N–H and O–H groups in total. The van der Waals surface area contributed by atoms with Crippen molar-refractivity contribution in [3.05, 3.63) is 84.7 Å². The van der Waals surface area contributed by atoms with Gasteiger partial charge in [0.1, 0.15) is 33.9 Å². The second-order valence-corrected chi connectivity index (χ2v) is 18.3. The summed E-state index contributed by atoms with van der Waals surface area (Å²) in [5, 5.41) is 2.29. The molecule has 0 bridgehead atoms. The minimum Gasteiger partial charge on any atom is -0.444 e. The lowest BCUT2D eigenvalue weighted by Gasteiger charge is -2.30. The minimum absolute atomic E-state index is 0.267. The van der Waals surface area contributed by atoms with E-state index in [1.807, 2.05) is 63.7 Å². The molecule has 2 saturated carbocycles. The fourth-order valence-corrected chi connectivity index (χ4v) is 9.39. The zero-order valence-corrected chi connectivity index (χ0v) is 32.5. The summed E-state index contributed by atoms with van der Waals surface area (Å²) in [6, 6.07) is 21.6. The van der Waals surface area contributed by atoms with E-state index in [0.717, 1.165) is 68.9 Å². The van der Waals surface area contributed by atoms with E-state index in [4.69, 9.17) is 19.4 Å². The number of carbonyl (C=O) groups is 2. The van der Waals surface area contributed by atoms with E-state index >= 15 is 0 Å². The summed E-state index contributed by atoms with van der Waals surface area (Å²) < 4.78 is 11.6. The SMILES string of the molecule is C[C@H]1CN(C(=O)OC(C)(C)C)C2(c3ncc(-c4ccc(-c5ccc6cc(-c7cnc(C89CC8[C@@H](C)CN9C(=O)OC(C)(C)C)[nH]7)ccc6c5)cc4)[nH]3)CC12. The third-order valence-electron chi connectivity index (χ3n) is 12.1. The number of aromatic amines is 2. The van der Waals surface area contributed by atoms with Gasteiger partial charge in [-0.2, -0.15) is 0 Å². The van der Waals surface area contributed by atoms with Gasteiger partial charge in [-0.3, -0.25) is 9.80 Å². The van der Waals surface area contributed by atoms with Gasteiger partial charge in [0, 0.05) is 18.7 Å². The monoisotopic (exact) mass is 726 g/mol. The van der Waals surface area contributed by atoms with Crippen molar-refractivity contribution < 1.29 is 19.1 Å². The van der Waals surface area contributed by atoms with Crippen molar-refractivity contribution in [2.75, 3.05) is 13.1 Å². The van der Waals surface area contributed by atoms with Crippen LogP contribution in [0.25, 0.3) is 44.4 Å².